The van der Waals surface area contributed by atoms with Gasteiger partial charge in [-0.25, -0.2) is 15.0 Å². The van der Waals surface area contributed by atoms with E-state index >= 15 is 0 Å². The molecular formula is C23H19N5OS. The smallest absolute Gasteiger partial charge is 0.278 e. The zero-order valence-corrected chi connectivity index (χ0v) is 17.2. The molecule has 0 fully saturated rings. The zero-order valence-electron chi connectivity index (χ0n) is 16.4. The van der Waals surface area contributed by atoms with Gasteiger partial charge in [-0.15, -0.1) is 0 Å². The van der Waals surface area contributed by atoms with Gasteiger partial charge in [-0.1, -0.05) is 60.3 Å². The van der Waals surface area contributed by atoms with Gasteiger partial charge in [0.1, 0.15) is 0 Å². The molecule has 4 aromatic rings. The Kier molecular flexibility index (Phi) is 4.88. The summed E-state index contributed by atoms with van der Waals surface area (Å²) in [6, 6.07) is 17.9. The van der Waals surface area contributed by atoms with Gasteiger partial charge in [0.2, 0.25) is 0 Å². The van der Waals surface area contributed by atoms with Crippen LogP contribution in [0, 0.1) is 0 Å². The number of para-hydroxylation sites is 1. The summed E-state index contributed by atoms with van der Waals surface area (Å²) in [5.41, 5.74) is 4.86. The zero-order chi connectivity index (χ0) is 20.5. The Balaban J connectivity index is 1.53. The highest BCUT2D eigenvalue weighted by molar-refractivity contribution is 7.99. The molecule has 1 atom stereocenters. The molecule has 0 amide bonds. The lowest BCUT2D eigenvalue weighted by Gasteiger charge is -2.19. The van der Waals surface area contributed by atoms with Gasteiger partial charge < -0.3 is 0 Å². The fraction of sp³-hybridized carbons (Fsp3) is 0.174. The van der Waals surface area contributed by atoms with Crippen molar-refractivity contribution in [1.82, 2.24) is 19.5 Å². The number of thioether (sulfide) groups is 1. The molecule has 0 saturated carbocycles. The first kappa shape index (κ1) is 18.7. The van der Waals surface area contributed by atoms with E-state index in [1.807, 2.05) is 55.5 Å². The fourth-order valence-corrected chi connectivity index (χ4v) is 4.66. The van der Waals surface area contributed by atoms with Crippen molar-refractivity contribution in [3.05, 3.63) is 88.5 Å². The monoisotopic (exact) mass is 413 g/mol. The van der Waals surface area contributed by atoms with Crippen molar-refractivity contribution in [2.45, 2.75) is 24.5 Å². The topological polar surface area (TPSA) is 73.0 Å². The molecule has 6 nitrogen and oxygen atoms in total. The van der Waals surface area contributed by atoms with E-state index in [1.165, 1.54) is 23.5 Å². The van der Waals surface area contributed by atoms with Crippen molar-refractivity contribution in [2.24, 2.45) is 4.99 Å². The molecule has 0 saturated heterocycles. The first-order chi connectivity index (χ1) is 14.7. The Morgan fingerprint density at radius 3 is 2.63 bits per heavy atom. The Labute approximate surface area is 177 Å². The summed E-state index contributed by atoms with van der Waals surface area (Å²) in [5.74, 6) is 0.661. The van der Waals surface area contributed by atoms with Crippen LogP contribution in [0.1, 0.15) is 24.1 Å². The number of hydrogen-bond donors (Lipinski definition) is 0. The van der Waals surface area contributed by atoms with Gasteiger partial charge in [0.05, 0.1) is 11.7 Å². The van der Waals surface area contributed by atoms with E-state index in [-0.39, 0.29) is 17.1 Å². The first-order valence-electron chi connectivity index (χ1n) is 9.76. The summed E-state index contributed by atoms with van der Waals surface area (Å²) in [7, 11) is 0. The van der Waals surface area contributed by atoms with Crippen LogP contribution >= 0.6 is 11.8 Å². The van der Waals surface area contributed by atoms with Gasteiger partial charge in [0.15, 0.2) is 16.3 Å². The van der Waals surface area contributed by atoms with E-state index in [2.05, 4.69) is 21.0 Å². The lowest BCUT2D eigenvalue weighted by Crippen LogP contribution is -2.28. The number of nitrogens with zero attached hydrogens (tertiary/aromatic N) is 5. The van der Waals surface area contributed by atoms with Crippen LogP contribution in [0.25, 0.3) is 11.2 Å². The predicted octanol–water partition coefficient (Wildman–Crippen LogP) is 4.22. The molecule has 1 aliphatic rings. The maximum Gasteiger partial charge on any atom is 0.282 e. The third-order valence-corrected chi connectivity index (χ3v) is 6.23. The molecule has 0 spiro atoms. The number of hydrogen-bond acceptors (Lipinski definition) is 6. The van der Waals surface area contributed by atoms with Crippen LogP contribution in [0.2, 0.25) is 0 Å². The minimum atomic E-state index is -0.178. The van der Waals surface area contributed by atoms with Crippen molar-refractivity contribution in [1.29, 1.82) is 0 Å². The van der Waals surface area contributed by atoms with Crippen LogP contribution < -0.4 is 5.56 Å². The maximum absolute atomic E-state index is 13.3. The molecule has 1 aliphatic heterocycles. The second-order valence-electron chi connectivity index (χ2n) is 7.16. The molecule has 0 bridgehead atoms. The highest BCUT2D eigenvalue weighted by Crippen LogP contribution is 2.29. The molecule has 3 heterocycles. The van der Waals surface area contributed by atoms with E-state index in [1.54, 1.807) is 10.8 Å². The lowest BCUT2D eigenvalue weighted by atomic mass is 10.1. The molecule has 0 unspecified atom stereocenters. The summed E-state index contributed by atoms with van der Waals surface area (Å²) in [6.07, 6.45) is 3.92. The van der Waals surface area contributed by atoms with E-state index in [0.29, 0.717) is 16.6 Å². The van der Waals surface area contributed by atoms with Crippen molar-refractivity contribution in [3.63, 3.8) is 0 Å². The highest BCUT2D eigenvalue weighted by Gasteiger charge is 2.21. The molecule has 0 radical (unpaired) electrons. The molecule has 5 rings (SSSR count). The van der Waals surface area contributed by atoms with Crippen LogP contribution in [0.3, 0.4) is 0 Å². The minimum absolute atomic E-state index is 0.177. The molecule has 0 aliphatic carbocycles. The van der Waals surface area contributed by atoms with Gasteiger partial charge in [-0.3, -0.25) is 14.4 Å². The van der Waals surface area contributed by atoms with Gasteiger partial charge >= 0.3 is 0 Å². The number of aromatic nitrogens is 4. The van der Waals surface area contributed by atoms with E-state index in [9.17, 15) is 4.79 Å². The molecule has 2 aromatic carbocycles. The van der Waals surface area contributed by atoms with Crippen LogP contribution in [0.15, 0.2) is 81.9 Å². The SMILES string of the molecule is C[C@@H](c1ccccc1)n1c(SCC2=Nc3ccccc3C2)nc2nccnc2c1=O. The van der Waals surface area contributed by atoms with E-state index in [0.717, 1.165) is 23.4 Å². The van der Waals surface area contributed by atoms with Crippen LogP contribution in [-0.2, 0) is 6.42 Å². The van der Waals surface area contributed by atoms with E-state index in [4.69, 9.17) is 4.99 Å². The quantitative estimate of drug-likeness (QED) is 0.362. The van der Waals surface area contributed by atoms with Crippen molar-refractivity contribution >= 4 is 34.3 Å². The van der Waals surface area contributed by atoms with Gasteiger partial charge in [-0.2, -0.15) is 0 Å². The van der Waals surface area contributed by atoms with Gasteiger partial charge in [0.25, 0.3) is 5.56 Å². The Hall–Kier alpha value is -3.32. The average molecular weight is 414 g/mol. The van der Waals surface area contributed by atoms with Crippen molar-refractivity contribution in [2.75, 3.05) is 5.75 Å². The average Bonchev–Trinajstić information content (AvgIpc) is 3.21. The number of rotatable bonds is 5. The third-order valence-electron chi connectivity index (χ3n) is 5.21. The van der Waals surface area contributed by atoms with E-state index < -0.39 is 0 Å². The molecular weight excluding hydrogens is 394 g/mol. The summed E-state index contributed by atoms with van der Waals surface area (Å²) >= 11 is 1.52. The van der Waals surface area contributed by atoms with Crippen molar-refractivity contribution < 1.29 is 0 Å². The number of fused-ring (bicyclic) bond motifs is 2. The standard InChI is InChI=1S/C23H19N5OS/c1-15(16-7-3-2-4-8-16)28-22(29)20-21(25-12-11-24-20)27-23(28)30-14-18-13-17-9-5-6-10-19(17)26-18/h2-12,15H,13-14H2,1H3/t15-/m0/s1. The Morgan fingerprint density at radius 2 is 1.80 bits per heavy atom. The summed E-state index contributed by atoms with van der Waals surface area (Å²) in [5, 5.41) is 0.628. The second-order valence-corrected chi connectivity index (χ2v) is 8.10. The normalized spacial score (nSPS) is 13.8. The first-order valence-corrected chi connectivity index (χ1v) is 10.7. The summed E-state index contributed by atoms with van der Waals surface area (Å²) < 4.78 is 1.72. The number of aliphatic imine (C=N–C) groups is 1. The molecule has 7 heteroatoms. The lowest BCUT2D eigenvalue weighted by molar-refractivity contribution is 0.547. The van der Waals surface area contributed by atoms with Gasteiger partial charge in [-0.05, 0) is 24.1 Å². The van der Waals surface area contributed by atoms with Crippen LogP contribution in [0.5, 0.6) is 0 Å². The van der Waals surface area contributed by atoms with Crippen LogP contribution in [-0.4, -0.2) is 31.0 Å². The predicted molar refractivity (Wildman–Crippen MR) is 120 cm³/mol. The van der Waals surface area contributed by atoms with Crippen LogP contribution in [0.4, 0.5) is 5.69 Å². The minimum Gasteiger partial charge on any atom is -0.278 e. The highest BCUT2D eigenvalue weighted by atomic mass is 32.2. The largest absolute Gasteiger partial charge is 0.282 e. The molecule has 0 N–H and O–H groups in total. The Morgan fingerprint density at radius 1 is 1.03 bits per heavy atom. The summed E-state index contributed by atoms with van der Waals surface area (Å²) in [6.45, 7) is 2.01. The number of benzene rings is 2. The molecule has 148 valence electrons. The maximum atomic E-state index is 13.3. The summed E-state index contributed by atoms with van der Waals surface area (Å²) in [4.78, 5) is 31.2. The fourth-order valence-electron chi connectivity index (χ4n) is 3.66. The molecule has 2 aromatic heterocycles. The third kappa shape index (κ3) is 3.41. The van der Waals surface area contributed by atoms with Crippen molar-refractivity contribution in [3.8, 4) is 0 Å². The van der Waals surface area contributed by atoms with Gasteiger partial charge in [0, 0.05) is 30.3 Å². The Bertz CT molecular complexity index is 1320. The second kappa shape index (κ2) is 7.84. The molecule has 30 heavy (non-hydrogen) atoms.